The maximum Gasteiger partial charge on any atom is 0.243 e. The second-order valence-electron chi connectivity index (χ2n) is 6.55. The third-order valence-electron chi connectivity index (χ3n) is 4.11. The number of amides is 1. The number of hydrogen-bond acceptors (Lipinski definition) is 3. The van der Waals surface area contributed by atoms with Crippen molar-refractivity contribution in [1.82, 2.24) is 15.1 Å². The molecule has 1 N–H and O–H groups in total. The minimum absolute atomic E-state index is 0.00227. The lowest BCUT2D eigenvalue weighted by Gasteiger charge is -2.37. The quantitative estimate of drug-likeness (QED) is 0.499. The fourth-order valence-corrected chi connectivity index (χ4v) is 2.60. The summed E-state index contributed by atoms with van der Waals surface area (Å²) in [7, 11) is 3.49. The average Bonchev–Trinajstić information content (AvgIpc) is 2.62. The van der Waals surface area contributed by atoms with Gasteiger partial charge in [-0.15, -0.1) is 0 Å². The Balaban J connectivity index is 1.99. The van der Waals surface area contributed by atoms with Crippen molar-refractivity contribution >= 4 is 17.6 Å². The van der Waals surface area contributed by atoms with E-state index in [-0.39, 0.29) is 12.5 Å². The number of nitrogens with one attached hydrogen (secondary N) is 1. The Morgan fingerprint density at radius 2 is 1.84 bits per heavy atom. The number of anilines is 1. The summed E-state index contributed by atoms with van der Waals surface area (Å²) < 4.78 is 0. The molecule has 0 aliphatic carbocycles. The molecule has 0 bridgehead atoms. The van der Waals surface area contributed by atoms with Gasteiger partial charge in [0.15, 0.2) is 5.96 Å². The standard InChI is InChI=1S/C19H29N5O/c1-16(2)14-20-19(21-15-18(25)22(3)4)24-12-10-23(11-13-24)17-8-6-5-7-9-17/h5-9H,1,10-15H2,2-4H3,(H,20,21). The number of rotatable bonds is 5. The molecule has 0 unspecified atom stereocenters. The van der Waals surface area contributed by atoms with Crippen molar-refractivity contribution in [2.24, 2.45) is 4.99 Å². The maximum absolute atomic E-state index is 11.9. The van der Waals surface area contributed by atoms with Gasteiger partial charge >= 0.3 is 0 Å². The molecular weight excluding hydrogens is 314 g/mol. The van der Waals surface area contributed by atoms with Crippen LogP contribution in [0.25, 0.3) is 0 Å². The number of guanidine groups is 1. The Labute approximate surface area is 150 Å². The molecule has 1 aliphatic heterocycles. The maximum atomic E-state index is 11.9. The molecule has 1 aliphatic rings. The van der Waals surface area contributed by atoms with E-state index in [1.165, 1.54) is 5.69 Å². The number of aliphatic imine (C=N–C) groups is 1. The van der Waals surface area contributed by atoms with Crippen molar-refractivity contribution < 1.29 is 4.79 Å². The Kier molecular flexibility index (Phi) is 6.86. The number of piperazine rings is 1. The summed E-state index contributed by atoms with van der Waals surface area (Å²) in [5.74, 6) is 0.781. The van der Waals surface area contributed by atoms with Crippen LogP contribution < -0.4 is 10.2 Å². The summed E-state index contributed by atoms with van der Waals surface area (Å²) in [6.45, 7) is 10.3. The van der Waals surface area contributed by atoms with Crippen molar-refractivity contribution in [1.29, 1.82) is 0 Å². The van der Waals surface area contributed by atoms with Crippen LogP contribution in [0.4, 0.5) is 5.69 Å². The summed E-state index contributed by atoms with van der Waals surface area (Å²) in [6, 6.07) is 10.4. The summed E-state index contributed by atoms with van der Waals surface area (Å²) >= 11 is 0. The molecule has 0 aromatic heterocycles. The highest BCUT2D eigenvalue weighted by Crippen LogP contribution is 2.15. The highest BCUT2D eigenvalue weighted by Gasteiger charge is 2.20. The van der Waals surface area contributed by atoms with Crippen LogP contribution in [0.1, 0.15) is 6.92 Å². The molecule has 1 amide bonds. The van der Waals surface area contributed by atoms with Gasteiger partial charge in [-0.05, 0) is 19.1 Å². The van der Waals surface area contributed by atoms with E-state index in [4.69, 9.17) is 0 Å². The van der Waals surface area contributed by atoms with Crippen molar-refractivity contribution in [3.8, 4) is 0 Å². The first-order valence-corrected chi connectivity index (χ1v) is 8.65. The van der Waals surface area contributed by atoms with Crippen LogP contribution in [0.15, 0.2) is 47.5 Å². The Morgan fingerprint density at radius 1 is 1.20 bits per heavy atom. The van der Waals surface area contributed by atoms with Crippen LogP contribution in [-0.4, -0.2) is 75.0 Å². The minimum Gasteiger partial charge on any atom is -0.368 e. The number of nitrogens with zero attached hydrogens (tertiary/aromatic N) is 4. The lowest BCUT2D eigenvalue weighted by molar-refractivity contribution is -0.127. The number of hydrogen-bond donors (Lipinski definition) is 1. The molecule has 0 radical (unpaired) electrons. The molecule has 0 spiro atoms. The van der Waals surface area contributed by atoms with Gasteiger partial charge in [0.05, 0.1) is 0 Å². The molecule has 6 nitrogen and oxygen atoms in total. The molecule has 2 rings (SSSR count). The molecule has 1 aromatic carbocycles. The van der Waals surface area contributed by atoms with Gasteiger partial charge < -0.3 is 20.0 Å². The van der Waals surface area contributed by atoms with Gasteiger partial charge in [-0.2, -0.15) is 0 Å². The summed E-state index contributed by atoms with van der Waals surface area (Å²) in [6.07, 6.45) is 0. The Morgan fingerprint density at radius 3 is 2.40 bits per heavy atom. The first-order valence-electron chi connectivity index (χ1n) is 8.65. The summed E-state index contributed by atoms with van der Waals surface area (Å²) in [5.41, 5.74) is 2.29. The van der Waals surface area contributed by atoms with E-state index in [2.05, 4.69) is 51.0 Å². The molecule has 25 heavy (non-hydrogen) atoms. The number of para-hydroxylation sites is 1. The third-order valence-corrected chi connectivity index (χ3v) is 4.11. The topological polar surface area (TPSA) is 51.2 Å². The molecule has 1 saturated heterocycles. The summed E-state index contributed by atoms with van der Waals surface area (Å²) in [4.78, 5) is 22.5. The van der Waals surface area contributed by atoms with Crippen molar-refractivity contribution in [3.05, 3.63) is 42.5 Å². The minimum atomic E-state index is -0.00227. The van der Waals surface area contributed by atoms with Crippen LogP contribution in [0.5, 0.6) is 0 Å². The molecule has 1 fully saturated rings. The van der Waals surface area contributed by atoms with Crippen LogP contribution in [0.2, 0.25) is 0 Å². The molecular formula is C19H29N5O. The highest BCUT2D eigenvalue weighted by atomic mass is 16.2. The van der Waals surface area contributed by atoms with E-state index in [1.54, 1.807) is 19.0 Å². The van der Waals surface area contributed by atoms with Crippen LogP contribution in [-0.2, 0) is 4.79 Å². The predicted octanol–water partition coefficient (Wildman–Crippen LogP) is 1.42. The van der Waals surface area contributed by atoms with Gasteiger partial charge in [-0.3, -0.25) is 4.79 Å². The Hall–Kier alpha value is -2.50. The third kappa shape index (κ3) is 5.81. The number of carbonyl (C=O) groups is 1. The lowest BCUT2D eigenvalue weighted by Crippen LogP contribution is -2.53. The zero-order chi connectivity index (χ0) is 18.2. The zero-order valence-electron chi connectivity index (χ0n) is 15.5. The second kappa shape index (κ2) is 9.11. The van der Waals surface area contributed by atoms with Crippen LogP contribution >= 0.6 is 0 Å². The molecule has 136 valence electrons. The smallest absolute Gasteiger partial charge is 0.243 e. The highest BCUT2D eigenvalue weighted by molar-refractivity contribution is 5.85. The molecule has 0 atom stereocenters. The number of carbonyl (C=O) groups excluding carboxylic acids is 1. The van der Waals surface area contributed by atoms with E-state index >= 15 is 0 Å². The first-order chi connectivity index (χ1) is 12.0. The van der Waals surface area contributed by atoms with Crippen molar-refractivity contribution in [3.63, 3.8) is 0 Å². The number of benzene rings is 1. The van der Waals surface area contributed by atoms with E-state index in [9.17, 15) is 4.79 Å². The average molecular weight is 343 g/mol. The van der Waals surface area contributed by atoms with E-state index in [1.807, 2.05) is 13.0 Å². The van der Waals surface area contributed by atoms with E-state index < -0.39 is 0 Å². The lowest BCUT2D eigenvalue weighted by atomic mass is 10.2. The molecule has 1 heterocycles. The molecule has 6 heteroatoms. The van der Waals surface area contributed by atoms with Gasteiger partial charge in [0, 0.05) is 52.5 Å². The van der Waals surface area contributed by atoms with Gasteiger partial charge in [-0.25, -0.2) is 4.99 Å². The van der Waals surface area contributed by atoms with Gasteiger partial charge in [0.1, 0.15) is 6.54 Å². The summed E-state index contributed by atoms with van der Waals surface area (Å²) in [5, 5.41) is 3.32. The van der Waals surface area contributed by atoms with Crippen LogP contribution in [0.3, 0.4) is 0 Å². The largest absolute Gasteiger partial charge is 0.368 e. The fourth-order valence-electron chi connectivity index (χ4n) is 2.60. The molecule has 1 aromatic rings. The van der Waals surface area contributed by atoms with Gasteiger partial charge in [0.2, 0.25) is 5.91 Å². The number of likely N-dealkylation sites (N-methyl/N-ethyl adjacent to an activating group) is 1. The van der Waals surface area contributed by atoms with Crippen LogP contribution in [0, 0.1) is 0 Å². The Bertz CT molecular complexity index is 604. The predicted molar refractivity (Wildman–Crippen MR) is 104 cm³/mol. The molecule has 0 saturated carbocycles. The van der Waals surface area contributed by atoms with E-state index in [0.29, 0.717) is 6.54 Å². The van der Waals surface area contributed by atoms with E-state index in [0.717, 1.165) is 37.7 Å². The van der Waals surface area contributed by atoms with Gasteiger partial charge in [-0.1, -0.05) is 30.4 Å². The first kappa shape index (κ1) is 18.8. The second-order valence-corrected chi connectivity index (χ2v) is 6.55. The SMILES string of the molecule is C=C(C)CNC(=NCC(=O)N(C)C)N1CCN(c2ccccc2)CC1. The zero-order valence-corrected chi connectivity index (χ0v) is 15.5. The van der Waals surface area contributed by atoms with Crippen molar-refractivity contribution in [2.75, 3.05) is 58.3 Å². The normalized spacial score (nSPS) is 15.1. The van der Waals surface area contributed by atoms with Crippen molar-refractivity contribution in [2.45, 2.75) is 6.92 Å². The monoisotopic (exact) mass is 343 g/mol. The fraction of sp³-hybridized carbons (Fsp3) is 0.474. The van der Waals surface area contributed by atoms with Gasteiger partial charge in [0.25, 0.3) is 0 Å².